The van der Waals surface area contributed by atoms with Crippen LogP contribution < -0.4 is 9.47 Å². The maximum absolute atomic E-state index is 11.8. The van der Waals surface area contributed by atoms with Crippen LogP contribution in [0.3, 0.4) is 0 Å². The third-order valence-electron chi connectivity index (χ3n) is 3.95. The lowest BCUT2D eigenvalue weighted by molar-refractivity contribution is -0.134. The topological polar surface area (TPSA) is 61.3 Å². The Balaban J connectivity index is 2.02. The Hall–Kier alpha value is -2.11. The number of halogens is 2. The van der Waals surface area contributed by atoms with Gasteiger partial charge in [-0.1, -0.05) is 36.2 Å². The first kappa shape index (κ1) is 16.4. The Morgan fingerprint density at radius 3 is 2.84 bits per heavy atom. The molecule has 1 aromatic carbocycles. The number of aromatic nitrogens is 2. The van der Waals surface area contributed by atoms with Crippen LogP contribution in [-0.4, -0.2) is 22.0 Å². The summed E-state index contributed by atoms with van der Waals surface area (Å²) in [4.78, 5) is 20.8. The third-order valence-corrected chi connectivity index (χ3v) is 4.61. The molecular weight excluding hydrogens is 363 g/mol. The highest BCUT2D eigenvalue weighted by atomic mass is 35.5. The van der Waals surface area contributed by atoms with Gasteiger partial charge < -0.3 is 9.47 Å². The largest absolute Gasteiger partial charge is 0.472 e. The molecule has 1 saturated carbocycles. The second-order valence-corrected chi connectivity index (χ2v) is 6.65. The number of carbonyl (C=O) groups is 1. The number of esters is 1. The Kier molecular flexibility index (Phi) is 4.13. The normalized spacial score (nSPS) is 14.0. The summed E-state index contributed by atoms with van der Waals surface area (Å²) in [6, 6.07) is 5.49. The lowest BCUT2D eigenvalue weighted by Gasteiger charge is -2.15. The SMILES string of the molecule is CCC(=O)Oc1c(OC2CC2)nc2c(c(Cl)cc3cccnc32)c1Cl. The molecule has 128 valence electrons. The van der Waals surface area contributed by atoms with Gasteiger partial charge >= 0.3 is 5.97 Å². The number of benzene rings is 1. The number of fused-ring (bicyclic) bond motifs is 3. The van der Waals surface area contributed by atoms with E-state index < -0.39 is 5.97 Å². The van der Waals surface area contributed by atoms with Crippen molar-refractivity contribution in [2.24, 2.45) is 0 Å². The van der Waals surface area contributed by atoms with Gasteiger partial charge in [-0.25, -0.2) is 4.98 Å². The van der Waals surface area contributed by atoms with Gasteiger partial charge in [0.25, 0.3) is 5.88 Å². The zero-order chi connectivity index (χ0) is 17.6. The van der Waals surface area contributed by atoms with E-state index in [-0.39, 0.29) is 29.2 Å². The van der Waals surface area contributed by atoms with E-state index in [1.54, 1.807) is 19.2 Å². The Morgan fingerprint density at radius 1 is 1.32 bits per heavy atom. The number of hydrogen-bond donors (Lipinski definition) is 0. The fourth-order valence-corrected chi connectivity index (χ4v) is 3.21. The molecule has 0 atom stereocenters. The molecule has 0 spiro atoms. The quantitative estimate of drug-likeness (QED) is 0.476. The zero-order valence-corrected chi connectivity index (χ0v) is 14.9. The average molecular weight is 377 g/mol. The molecule has 3 aromatic rings. The van der Waals surface area contributed by atoms with E-state index in [1.807, 2.05) is 12.1 Å². The molecule has 0 bridgehead atoms. The molecule has 1 aliphatic rings. The molecule has 0 N–H and O–H groups in total. The second kappa shape index (κ2) is 6.32. The highest BCUT2D eigenvalue weighted by Gasteiger charge is 2.29. The summed E-state index contributed by atoms with van der Waals surface area (Å²) in [6.45, 7) is 1.70. The van der Waals surface area contributed by atoms with Crippen LogP contribution in [-0.2, 0) is 4.79 Å². The number of rotatable bonds is 4. The molecule has 0 aliphatic heterocycles. The lowest BCUT2D eigenvalue weighted by Crippen LogP contribution is -2.10. The van der Waals surface area contributed by atoms with Crippen molar-refractivity contribution in [3.05, 3.63) is 34.4 Å². The van der Waals surface area contributed by atoms with Crippen LogP contribution in [0.4, 0.5) is 0 Å². The van der Waals surface area contributed by atoms with E-state index in [4.69, 9.17) is 32.7 Å². The zero-order valence-electron chi connectivity index (χ0n) is 13.4. The van der Waals surface area contributed by atoms with Gasteiger partial charge in [-0.15, -0.1) is 0 Å². The number of hydrogen-bond acceptors (Lipinski definition) is 5. The van der Waals surface area contributed by atoms with Crippen LogP contribution in [0.1, 0.15) is 26.2 Å². The molecule has 0 unspecified atom stereocenters. The van der Waals surface area contributed by atoms with Gasteiger partial charge in [-0.3, -0.25) is 9.78 Å². The fraction of sp³-hybridized carbons (Fsp3) is 0.278. The van der Waals surface area contributed by atoms with Crippen molar-refractivity contribution in [3.8, 4) is 11.6 Å². The van der Waals surface area contributed by atoms with E-state index in [1.165, 1.54) is 0 Å². The van der Waals surface area contributed by atoms with Crippen LogP contribution in [0.5, 0.6) is 11.6 Å². The Morgan fingerprint density at radius 2 is 2.12 bits per heavy atom. The highest BCUT2D eigenvalue weighted by molar-refractivity contribution is 6.44. The lowest BCUT2D eigenvalue weighted by atomic mass is 10.1. The summed E-state index contributed by atoms with van der Waals surface area (Å²) in [6.07, 6.45) is 3.83. The highest BCUT2D eigenvalue weighted by Crippen LogP contribution is 2.45. The first-order chi connectivity index (χ1) is 12.1. The van der Waals surface area contributed by atoms with Crippen molar-refractivity contribution in [3.63, 3.8) is 0 Å². The van der Waals surface area contributed by atoms with E-state index >= 15 is 0 Å². The van der Waals surface area contributed by atoms with Gasteiger partial charge in [0, 0.05) is 23.4 Å². The molecule has 1 fully saturated rings. The molecule has 0 radical (unpaired) electrons. The smallest absolute Gasteiger partial charge is 0.311 e. The summed E-state index contributed by atoms with van der Waals surface area (Å²) in [7, 11) is 0. The minimum Gasteiger partial charge on any atom is -0.472 e. The number of pyridine rings is 2. The minimum atomic E-state index is -0.418. The molecule has 5 nitrogen and oxygen atoms in total. The first-order valence-electron chi connectivity index (χ1n) is 8.02. The van der Waals surface area contributed by atoms with E-state index in [9.17, 15) is 4.79 Å². The minimum absolute atomic E-state index is 0.0681. The van der Waals surface area contributed by atoms with E-state index in [0.29, 0.717) is 21.4 Å². The third kappa shape index (κ3) is 2.98. The standard InChI is InChI=1S/C18H14Cl2N2O3/c1-2-12(23)25-17-14(20)13-11(19)8-9-4-3-7-21-15(9)16(13)22-18(17)24-10-5-6-10/h3-4,7-8,10H,2,5-6H2,1H3. The predicted molar refractivity (Wildman–Crippen MR) is 96.6 cm³/mol. The molecule has 0 amide bonds. The van der Waals surface area contributed by atoms with Crippen molar-refractivity contribution in [2.75, 3.05) is 0 Å². The van der Waals surface area contributed by atoms with Crippen LogP contribution >= 0.6 is 23.2 Å². The summed E-state index contributed by atoms with van der Waals surface area (Å²) in [5.41, 5.74) is 1.19. The summed E-state index contributed by atoms with van der Waals surface area (Å²) in [5.74, 6) is -0.0974. The molecule has 2 aromatic heterocycles. The first-order valence-corrected chi connectivity index (χ1v) is 8.77. The number of nitrogens with zero attached hydrogens (tertiary/aromatic N) is 2. The molecule has 1 aliphatic carbocycles. The second-order valence-electron chi connectivity index (χ2n) is 5.86. The molecule has 4 rings (SSSR count). The van der Waals surface area contributed by atoms with Gasteiger partial charge in [0.15, 0.2) is 0 Å². The van der Waals surface area contributed by atoms with Crippen molar-refractivity contribution in [1.82, 2.24) is 9.97 Å². The predicted octanol–water partition coefficient (Wildman–Crippen LogP) is 4.95. The molecule has 25 heavy (non-hydrogen) atoms. The van der Waals surface area contributed by atoms with E-state index in [2.05, 4.69) is 9.97 Å². The van der Waals surface area contributed by atoms with Gasteiger partial charge in [0.1, 0.15) is 16.6 Å². The van der Waals surface area contributed by atoms with Gasteiger partial charge in [0.05, 0.1) is 10.5 Å². The molecular formula is C18H14Cl2N2O3. The van der Waals surface area contributed by atoms with E-state index in [0.717, 1.165) is 18.2 Å². The fourth-order valence-electron chi connectivity index (χ4n) is 2.55. The summed E-state index contributed by atoms with van der Waals surface area (Å²) >= 11 is 13.0. The van der Waals surface area contributed by atoms with Crippen LogP contribution in [0.2, 0.25) is 10.0 Å². The molecule has 0 saturated heterocycles. The maximum Gasteiger partial charge on any atom is 0.311 e. The van der Waals surface area contributed by atoms with Gasteiger partial charge in [0.2, 0.25) is 5.75 Å². The summed E-state index contributed by atoms with van der Waals surface area (Å²) < 4.78 is 11.2. The van der Waals surface area contributed by atoms with Crippen molar-refractivity contribution in [2.45, 2.75) is 32.3 Å². The Bertz CT molecular complexity index is 1000. The average Bonchev–Trinajstić information content (AvgIpc) is 3.41. The van der Waals surface area contributed by atoms with Crippen LogP contribution in [0, 0.1) is 0 Å². The Labute approximate surface area is 153 Å². The van der Waals surface area contributed by atoms with Gasteiger partial charge in [-0.2, -0.15) is 0 Å². The van der Waals surface area contributed by atoms with Gasteiger partial charge in [-0.05, 0) is 25.0 Å². The number of ether oxygens (including phenoxy) is 2. The van der Waals surface area contributed by atoms with Crippen LogP contribution in [0.25, 0.3) is 21.8 Å². The summed E-state index contributed by atoms with van der Waals surface area (Å²) in [5, 5.41) is 1.97. The molecule has 2 heterocycles. The van der Waals surface area contributed by atoms with Crippen LogP contribution in [0.15, 0.2) is 24.4 Å². The van der Waals surface area contributed by atoms with Crippen molar-refractivity contribution in [1.29, 1.82) is 0 Å². The molecule has 7 heteroatoms. The monoisotopic (exact) mass is 376 g/mol. The van der Waals surface area contributed by atoms with Crippen molar-refractivity contribution >= 4 is 51.0 Å². The maximum atomic E-state index is 11.8. The number of carbonyl (C=O) groups excluding carboxylic acids is 1. The van der Waals surface area contributed by atoms with Crippen molar-refractivity contribution < 1.29 is 14.3 Å².